The summed E-state index contributed by atoms with van der Waals surface area (Å²) in [5.41, 5.74) is 5.75. The lowest BCUT2D eigenvalue weighted by Gasteiger charge is -2.28. The highest BCUT2D eigenvalue weighted by Gasteiger charge is 2.16. The number of benzene rings is 8. The number of anilines is 5. The van der Waals surface area contributed by atoms with Crippen molar-refractivity contribution in [3.63, 3.8) is 0 Å². The maximum Gasteiger partial charge on any atom is 0.0567 e. The predicted molar refractivity (Wildman–Crippen MR) is 197 cm³/mol. The first-order chi connectivity index (χ1) is 22.2. The van der Waals surface area contributed by atoms with Gasteiger partial charge in [0.1, 0.15) is 0 Å². The number of fused-ring (bicyclic) bond motifs is 4. The molecular weight excluding hydrogens is 544 g/mol. The zero-order valence-electron chi connectivity index (χ0n) is 26.0. The van der Waals surface area contributed by atoms with Crippen molar-refractivity contribution in [1.29, 1.82) is 0 Å². The summed E-state index contributed by atoms with van der Waals surface area (Å²) in [7, 11) is 2.17. The molecule has 0 radical (unpaired) electrons. The normalized spacial score (nSPS) is 11.0. The van der Waals surface area contributed by atoms with Crippen LogP contribution in [0.3, 0.4) is 0 Å². The molecule has 0 heterocycles. The Bertz CT molecular complexity index is 2130. The summed E-state index contributed by atoms with van der Waals surface area (Å²) in [6.45, 7) is 4.00. The molecular formula is C43H36N2. The van der Waals surface area contributed by atoms with Crippen molar-refractivity contribution in [3.8, 4) is 0 Å². The van der Waals surface area contributed by atoms with Crippen molar-refractivity contribution in [1.82, 2.24) is 0 Å². The van der Waals surface area contributed by atoms with Crippen LogP contribution in [0.25, 0.3) is 43.1 Å². The fraction of sp³-hybridized carbons (Fsp3) is 0.0698. The van der Waals surface area contributed by atoms with Gasteiger partial charge in [0.05, 0.1) is 5.69 Å². The third-order valence-electron chi connectivity index (χ3n) is 8.56. The molecule has 8 aromatic rings. The molecule has 0 saturated heterocycles. The van der Waals surface area contributed by atoms with E-state index in [9.17, 15) is 0 Å². The highest BCUT2D eigenvalue weighted by molar-refractivity contribution is 6.12. The molecule has 0 aromatic heterocycles. The lowest BCUT2D eigenvalue weighted by atomic mass is 10.00. The van der Waals surface area contributed by atoms with Crippen LogP contribution in [0.5, 0.6) is 0 Å². The smallest absolute Gasteiger partial charge is 0.0567 e. The molecule has 0 unspecified atom stereocenters. The van der Waals surface area contributed by atoms with Gasteiger partial charge in [0.15, 0.2) is 0 Å². The third kappa shape index (κ3) is 5.25. The van der Waals surface area contributed by atoms with Crippen molar-refractivity contribution in [2.75, 3.05) is 16.8 Å². The fourth-order valence-corrected chi connectivity index (χ4v) is 6.38. The molecule has 45 heavy (non-hydrogen) atoms. The van der Waals surface area contributed by atoms with Crippen molar-refractivity contribution in [2.24, 2.45) is 0 Å². The van der Waals surface area contributed by atoms with Crippen molar-refractivity contribution in [2.45, 2.75) is 13.8 Å². The molecule has 0 N–H and O–H groups in total. The van der Waals surface area contributed by atoms with Gasteiger partial charge < -0.3 is 9.80 Å². The molecule has 0 aliphatic rings. The Morgan fingerprint density at radius 1 is 0.333 bits per heavy atom. The Balaban J connectivity index is 0.00000160. The second-order valence-corrected chi connectivity index (χ2v) is 11.1. The monoisotopic (exact) mass is 580 g/mol. The molecule has 2 nitrogen and oxygen atoms in total. The van der Waals surface area contributed by atoms with E-state index >= 15 is 0 Å². The average molecular weight is 581 g/mol. The van der Waals surface area contributed by atoms with Crippen LogP contribution < -0.4 is 9.80 Å². The predicted octanol–water partition coefficient (Wildman–Crippen LogP) is 12.6. The quantitative estimate of drug-likeness (QED) is 0.187. The Morgan fingerprint density at radius 3 is 1.20 bits per heavy atom. The summed E-state index contributed by atoms with van der Waals surface area (Å²) in [5.74, 6) is 0. The van der Waals surface area contributed by atoms with Crippen LogP contribution in [0.1, 0.15) is 13.8 Å². The van der Waals surface area contributed by atoms with Gasteiger partial charge >= 0.3 is 0 Å². The highest BCUT2D eigenvalue weighted by atomic mass is 15.1. The number of nitrogens with zero attached hydrogens (tertiary/aromatic N) is 2. The van der Waals surface area contributed by atoms with Crippen LogP contribution in [0, 0.1) is 0 Å². The van der Waals surface area contributed by atoms with Gasteiger partial charge in [0.25, 0.3) is 0 Å². The van der Waals surface area contributed by atoms with Gasteiger partial charge in [0, 0.05) is 40.6 Å². The van der Waals surface area contributed by atoms with Gasteiger partial charge in [-0.2, -0.15) is 0 Å². The lowest BCUT2D eigenvalue weighted by Crippen LogP contribution is -2.12. The highest BCUT2D eigenvalue weighted by Crippen LogP contribution is 2.41. The van der Waals surface area contributed by atoms with Crippen LogP contribution in [0.15, 0.2) is 164 Å². The largest absolute Gasteiger partial charge is 0.344 e. The van der Waals surface area contributed by atoms with E-state index < -0.39 is 0 Å². The molecule has 2 heteroatoms. The summed E-state index contributed by atoms with van der Waals surface area (Å²) in [5, 5.41) is 9.93. The number of hydrogen-bond donors (Lipinski definition) is 0. The minimum Gasteiger partial charge on any atom is -0.344 e. The van der Waals surface area contributed by atoms with E-state index in [-0.39, 0.29) is 0 Å². The molecule has 0 amide bonds. The van der Waals surface area contributed by atoms with Crippen LogP contribution in [-0.4, -0.2) is 7.05 Å². The number of rotatable bonds is 5. The Labute approximate surface area is 265 Å². The molecule has 218 valence electrons. The first kappa shape index (κ1) is 28.2. The summed E-state index contributed by atoms with van der Waals surface area (Å²) >= 11 is 0. The molecule has 8 aromatic carbocycles. The van der Waals surface area contributed by atoms with Gasteiger partial charge in [-0.25, -0.2) is 0 Å². The molecule has 0 aliphatic carbocycles. The third-order valence-corrected chi connectivity index (χ3v) is 8.56. The maximum absolute atomic E-state index is 2.36. The van der Waals surface area contributed by atoms with Gasteiger partial charge in [0.2, 0.25) is 0 Å². The first-order valence-corrected chi connectivity index (χ1v) is 15.7. The van der Waals surface area contributed by atoms with E-state index in [0.717, 1.165) is 22.7 Å². The topological polar surface area (TPSA) is 6.48 Å². The van der Waals surface area contributed by atoms with Crippen molar-refractivity contribution in [3.05, 3.63) is 164 Å². The second-order valence-electron chi connectivity index (χ2n) is 11.1. The Hall–Kier alpha value is -5.60. The zero-order chi connectivity index (χ0) is 30.8. The summed E-state index contributed by atoms with van der Waals surface area (Å²) in [6.07, 6.45) is 0. The fourth-order valence-electron chi connectivity index (χ4n) is 6.38. The molecule has 0 fully saturated rings. The van der Waals surface area contributed by atoms with Crippen molar-refractivity contribution < 1.29 is 0 Å². The van der Waals surface area contributed by atoms with Gasteiger partial charge in [-0.15, -0.1) is 0 Å². The number of hydrogen-bond acceptors (Lipinski definition) is 2. The second kappa shape index (κ2) is 12.2. The first-order valence-electron chi connectivity index (χ1n) is 15.7. The van der Waals surface area contributed by atoms with E-state index in [1.54, 1.807) is 0 Å². The van der Waals surface area contributed by atoms with Crippen LogP contribution in [-0.2, 0) is 0 Å². The van der Waals surface area contributed by atoms with E-state index in [1.165, 1.54) is 48.8 Å². The zero-order valence-corrected chi connectivity index (χ0v) is 26.0. The summed E-state index contributed by atoms with van der Waals surface area (Å²) in [4.78, 5) is 4.68. The molecule has 0 bridgehead atoms. The molecule has 8 rings (SSSR count). The Morgan fingerprint density at radius 2 is 0.711 bits per heavy atom. The Kier molecular flexibility index (Phi) is 7.63. The average Bonchev–Trinajstić information content (AvgIpc) is 3.11. The van der Waals surface area contributed by atoms with Crippen LogP contribution >= 0.6 is 0 Å². The van der Waals surface area contributed by atoms with E-state index in [2.05, 4.69) is 181 Å². The molecule has 0 atom stereocenters. The van der Waals surface area contributed by atoms with Crippen molar-refractivity contribution >= 4 is 71.5 Å². The van der Waals surface area contributed by atoms with E-state index in [1.807, 2.05) is 13.8 Å². The van der Waals surface area contributed by atoms with Gasteiger partial charge in [-0.05, 0) is 86.9 Å². The SMILES string of the molecule is CC.CN(c1ccc(N(c2ccc3ccccc3c2)c2ccc3ccccc3c2)cc1)c1c2ccccc2cc2ccccc12. The van der Waals surface area contributed by atoms with Gasteiger partial charge in [-0.3, -0.25) is 0 Å². The van der Waals surface area contributed by atoms with Gasteiger partial charge in [-0.1, -0.05) is 123 Å². The van der Waals surface area contributed by atoms with E-state index in [4.69, 9.17) is 0 Å². The molecule has 0 aliphatic heterocycles. The standard InChI is InChI=1S/C41H30N2.C2H6/c1-42(41-39-16-8-6-14-33(39)26-34-15-7-9-17-40(34)41)35-22-24-36(25-23-35)43(37-20-18-29-10-2-4-12-31(29)27-37)38-21-19-30-11-3-5-13-32(30)28-38;1-2/h2-28H,1H3;1-2H3. The summed E-state index contributed by atoms with van der Waals surface area (Å²) in [6, 6.07) is 59.1. The van der Waals surface area contributed by atoms with Crippen LogP contribution in [0.4, 0.5) is 28.4 Å². The minimum atomic E-state index is 1.12. The lowest BCUT2D eigenvalue weighted by molar-refractivity contribution is 1.22. The summed E-state index contributed by atoms with van der Waals surface area (Å²) < 4.78 is 0. The minimum absolute atomic E-state index is 1.12. The van der Waals surface area contributed by atoms with E-state index in [0.29, 0.717) is 0 Å². The maximum atomic E-state index is 2.36. The van der Waals surface area contributed by atoms with Crippen LogP contribution in [0.2, 0.25) is 0 Å². The molecule has 0 spiro atoms. The molecule has 0 saturated carbocycles.